The predicted octanol–water partition coefficient (Wildman–Crippen LogP) is 2.06. The van der Waals surface area contributed by atoms with Crippen LogP contribution in [0.3, 0.4) is 0 Å². The molecule has 0 unspecified atom stereocenters. The second-order valence-electron chi connectivity index (χ2n) is 7.18. The molecule has 10 nitrogen and oxygen atoms in total. The Kier molecular flexibility index (Phi) is 6.54. The number of nitrogens with two attached hydrogens (primary N) is 1. The third-order valence-electron chi connectivity index (χ3n) is 4.38. The van der Waals surface area contributed by atoms with Gasteiger partial charge in [0.1, 0.15) is 4.90 Å². The molecule has 0 spiro atoms. The van der Waals surface area contributed by atoms with Crippen molar-refractivity contribution in [2.24, 2.45) is 12.8 Å². The molecule has 0 aliphatic rings. The van der Waals surface area contributed by atoms with Gasteiger partial charge in [0.15, 0.2) is 0 Å². The number of hydrogen-bond donors (Lipinski definition) is 2. The fourth-order valence-corrected chi connectivity index (χ4v) is 3.82. The van der Waals surface area contributed by atoms with Gasteiger partial charge in [0.25, 0.3) is 10.0 Å². The van der Waals surface area contributed by atoms with Crippen LogP contribution in [0.1, 0.15) is 31.7 Å². The van der Waals surface area contributed by atoms with Crippen LogP contribution in [0.4, 0.5) is 5.95 Å². The number of carbonyl (C=O) groups is 1. The van der Waals surface area contributed by atoms with E-state index in [-0.39, 0.29) is 35.7 Å². The lowest BCUT2D eigenvalue weighted by Crippen LogP contribution is -2.17. The highest BCUT2D eigenvalue weighted by atomic mass is 32.2. The molecule has 0 aliphatic carbocycles. The molecule has 3 rings (SSSR count). The number of aryl methyl sites for hydroxylation is 1. The van der Waals surface area contributed by atoms with E-state index in [9.17, 15) is 13.2 Å². The van der Waals surface area contributed by atoms with Crippen molar-refractivity contribution in [2.45, 2.75) is 31.1 Å². The molecule has 0 fully saturated rings. The Balaban J connectivity index is 2.02. The molecule has 3 N–H and O–H groups in total. The van der Waals surface area contributed by atoms with Gasteiger partial charge in [-0.05, 0) is 11.5 Å². The summed E-state index contributed by atoms with van der Waals surface area (Å²) in [7, 11) is -2.34. The van der Waals surface area contributed by atoms with E-state index in [1.807, 2.05) is 24.3 Å². The highest BCUT2D eigenvalue weighted by Crippen LogP contribution is 2.30. The number of carbonyl (C=O) groups excluding carboxylic acids is 1. The lowest BCUT2D eigenvalue weighted by atomic mass is 9.95. The fraction of sp³-hybridized carbons (Fsp3) is 0.300. The van der Waals surface area contributed by atoms with Crippen LogP contribution >= 0.6 is 0 Å². The number of aromatic nitrogens is 4. The molecular weight excluding hydrogens is 420 g/mol. The second-order valence-corrected chi connectivity index (χ2v) is 8.86. The van der Waals surface area contributed by atoms with Crippen LogP contribution < -0.4 is 15.2 Å². The number of rotatable bonds is 9. The minimum absolute atomic E-state index is 0.00133. The number of ether oxygens (including phenoxy) is 1. The average molecular weight is 445 g/mol. The predicted molar refractivity (Wildman–Crippen MR) is 115 cm³/mol. The van der Waals surface area contributed by atoms with E-state index in [4.69, 9.17) is 10.5 Å². The third-order valence-corrected chi connectivity index (χ3v) is 5.66. The summed E-state index contributed by atoms with van der Waals surface area (Å²) >= 11 is 0. The van der Waals surface area contributed by atoms with E-state index >= 15 is 0 Å². The van der Waals surface area contributed by atoms with Crippen LogP contribution in [0.5, 0.6) is 5.88 Å². The van der Waals surface area contributed by atoms with Crippen LogP contribution in [-0.4, -0.2) is 40.7 Å². The van der Waals surface area contributed by atoms with E-state index in [1.54, 1.807) is 13.1 Å². The molecule has 0 saturated heterocycles. The lowest BCUT2D eigenvalue weighted by molar-refractivity contribution is -0.118. The zero-order valence-electron chi connectivity index (χ0n) is 17.4. The summed E-state index contributed by atoms with van der Waals surface area (Å²) < 4.78 is 34.7. The van der Waals surface area contributed by atoms with Crippen LogP contribution in [0.25, 0.3) is 11.3 Å². The maximum Gasteiger partial charge on any atom is 0.267 e. The average Bonchev–Trinajstić information content (AvgIpc) is 3.14. The summed E-state index contributed by atoms with van der Waals surface area (Å²) in [5.74, 6) is -0.347. The first-order valence-electron chi connectivity index (χ1n) is 9.56. The standard InChI is InChI=1S/C20H24N6O4S/c1-13(2)15-6-4-5-7-16(15)17-10-19(30-9-8-18(21)27)24-20(23-17)25-31(28,29)14-11-22-26(3)12-14/h4-7,10-13H,8-9H2,1-3H3,(H2,21,27)(H,23,24,25). The molecule has 1 amide bonds. The molecule has 31 heavy (non-hydrogen) atoms. The first-order chi connectivity index (χ1) is 14.7. The quantitative estimate of drug-likeness (QED) is 0.514. The molecule has 11 heteroatoms. The number of hydrogen-bond acceptors (Lipinski definition) is 7. The van der Waals surface area contributed by atoms with Crippen molar-refractivity contribution >= 4 is 21.9 Å². The topological polar surface area (TPSA) is 142 Å². The van der Waals surface area contributed by atoms with Crippen LogP contribution in [0.2, 0.25) is 0 Å². The van der Waals surface area contributed by atoms with Crippen LogP contribution in [0, 0.1) is 0 Å². The normalized spacial score (nSPS) is 11.5. The Morgan fingerprint density at radius 3 is 2.65 bits per heavy atom. The SMILES string of the molecule is CC(C)c1ccccc1-c1cc(OCCC(N)=O)nc(NS(=O)(=O)c2cnn(C)c2)n1. The Morgan fingerprint density at radius 1 is 1.26 bits per heavy atom. The fourth-order valence-electron chi connectivity index (χ4n) is 2.89. The summed E-state index contributed by atoms with van der Waals surface area (Å²) in [6.07, 6.45) is 2.59. The molecule has 1 aromatic carbocycles. The van der Waals surface area contributed by atoms with Crippen molar-refractivity contribution in [3.63, 3.8) is 0 Å². The first-order valence-corrected chi connectivity index (χ1v) is 11.0. The van der Waals surface area contributed by atoms with Gasteiger partial charge in [0.05, 0.1) is 24.9 Å². The van der Waals surface area contributed by atoms with Gasteiger partial charge in [-0.15, -0.1) is 0 Å². The summed E-state index contributed by atoms with van der Waals surface area (Å²) in [5, 5.41) is 3.88. The van der Waals surface area contributed by atoms with Gasteiger partial charge in [-0.1, -0.05) is 38.1 Å². The maximum atomic E-state index is 12.7. The number of amides is 1. The number of anilines is 1. The number of sulfonamides is 1. The Bertz CT molecular complexity index is 1190. The first kappa shape index (κ1) is 22.2. The summed E-state index contributed by atoms with van der Waals surface area (Å²) in [5.41, 5.74) is 7.50. The van der Waals surface area contributed by atoms with Crippen LogP contribution in [-0.2, 0) is 21.9 Å². The van der Waals surface area contributed by atoms with Gasteiger partial charge in [-0.2, -0.15) is 10.1 Å². The lowest BCUT2D eigenvalue weighted by Gasteiger charge is -2.14. The van der Waals surface area contributed by atoms with Crippen molar-refractivity contribution in [2.75, 3.05) is 11.3 Å². The molecule has 3 aromatic rings. The summed E-state index contributed by atoms with van der Waals surface area (Å²) in [6.45, 7) is 4.11. The van der Waals surface area contributed by atoms with Gasteiger partial charge in [0.2, 0.25) is 17.7 Å². The van der Waals surface area contributed by atoms with Gasteiger partial charge in [-0.25, -0.2) is 18.1 Å². The molecule has 0 aliphatic heterocycles. The van der Waals surface area contributed by atoms with Gasteiger partial charge < -0.3 is 10.5 Å². The molecule has 0 bridgehead atoms. The van der Waals surface area contributed by atoms with Crippen molar-refractivity contribution in [3.05, 3.63) is 48.3 Å². The minimum Gasteiger partial charge on any atom is -0.477 e. The number of nitrogens with zero attached hydrogens (tertiary/aromatic N) is 4. The molecule has 0 atom stereocenters. The number of benzene rings is 1. The monoisotopic (exact) mass is 444 g/mol. The maximum absolute atomic E-state index is 12.7. The van der Waals surface area contributed by atoms with E-state index in [1.165, 1.54) is 17.1 Å². The van der Waals surface area contributed by atoms with E-state index in [0.29, 0.717) is 5.69 Å². The van der Waals surface area contributed by atoms with E-state index in [2.05, 4.69) is 33.6 Å². The zero-order chi connectivity index (χ0) is 22.6. The molecule has 2 heterocycles. The summed E-state index contributed by atoms with van der Waals surface area (Å²) in [4.78, 5) is 19.5. The van der Waals surface area contributed by atoms with Gasteiger partial charge in [0, 0.05) is 24.9 Å². The number of primary amides is 1. The van der Waals surface area contributed by atoms with E-state index < -0.39 is 15.9 Å². The van der Waals surface area contributed by atoms with Crippen molar-refractivity contribution in [3.8, 4) is 17.1 Å². The second kappa shape index (κ2) is 9.13. The Morgan fingerprint density at radius 2 is 2.00 bits per heavy atom. The van der Waals surface area contributed by atoms with Gasteiger partial charge >= 0.3 is 0 Å². The molecule has 164 valence electrons. The molecule has 0 radical (unpaired) electrons. The molecule has 2 aromatic heterocycles. The highest BCUT2D eigenvalue weighted by Gasteiger charge is 2.20. The van der Waals surface area contributed by atoms with E-state index in [0.717, 1.165) is 11.1 Å². The summed E-state index contributed by atoms with van der Waals surface area (Å²) in [6, 6.07) is 9.27. The largest absolute Gasteiger partial charge is 0.477 e. The third kappa shape index (κ3) is 5.57. The number of nitrogens with one attached hydrogen (secondary N) is 1. The smallest absolute Gasteiger partial charge is 0.267 e. The Labute approximate surface area is 180 Å². The van der Waals surface area contributed by atoms with Crippen LogP contribution in [0.15, 0.2) is 47.6 Å². The minimum atomic E-state index is -3.96. The van der Waals surface area contributed by atoms with Crippen molar-refractivity contribution in [1.82, 2.24) is 19.7 Å². The van der Waals surface area contributed by atoms with Crippen molar-refractivity contribution < 1.29 is 17.9 Å². The Hall–Kier alpha value is -3.47. The zero-order valence-corrected chi connectivity index (χ0v) is 18.3. The molecule has 0 saturated carbocycles. The highest BCUT2D eigenvalue weighted by molar-refractivity contribution is 7.92. The molecular formula is C20H24N6O4S. The van der Waals surface area contributed by atoms with Gasteiger partial charge in [-0.3, -0.25) is 9.48 Å². The van der Waals surface area contributed by atoms with Crippen molar-refractivity contribution in [1.29, 1.82) is 0 Å².